The minimum Gasteiger partial charge on any atom is -0.393 e. The number of aliphatic hydroxyl groups is 1. The number of aryl methyl sites for hydroxylation is 1. The van der Waals surface area contributed by atoms with E-state index in [1.54, 1.807) is 12.1 Å². The lowest BCUT2D eigenvalue weighted by atomic mass is 9.55. The summed E-state index contributed by atoms with van der Waals surface area (Å²) in [6.45, 7) is 2.25. The molecule has 1 aromatic carbocycles. The zero-order valence-corrected chi connectivity index (χ0v) is 14.6. The topological polar surface area (TPSA) is 83.8 Å². The van der Waals surface area contributed by atoms with Crippen molar-refractivity contribution in [3.8, 4) is 5.75 Å². The highest BCUT2D eigenvalue weighted by Crippen LogP contribution is 2.60. The molecule has 2 fully saturated rings. The maximum atomic E-state index is 10.9. The second-order valence-corrected chi connectivity index (χ2v) is 8.95. The van der Waals surface area contributed by atoms with Crippen LogP contribution < -0.4 is 4.18 Å². The van der Waals surface area contributed by atoms with Crippen LogP contribution in [0.2, 0.25) is 0 Å². The van der Waals surface area contributed by atoms with Crippen molar-refractivity contribution in [3.05, 3.63) is 29.3 Å². The normalized spacial score (nSPS) is 38.1. The summed E-state index contributed by atoms with van der Waals surface area (Å²) in [5, 5.41) is 10.4. The van der Waals surface area contributed by atoms with Crippen LogP contribution >= 0.6 is 0 Å². The SMILES string of the molecule is C[C@]12CC[C@@H]3c4ccc(OS(=O)(=O)O)cc4CC[C@@H]3[C@H]1CCC2O. The summed E-state index contributed by atoms with van der Waals surface area (Å²) in [6, 6.07) is 5.34. The molecule has 2 saturated carbocycles. The van der Waals surface area contributed by atoms with Crippen LogP contribution in [0.1, 0.15) is 56.1 Å². The summed E-state index contributed by atoms with van der Waals surface area (Å²) >= 11 is 0. The standard InChI is InChI=1S/C18H24O5S/c1-18-9-8-14-13-5-3-12(23-24(20,21)22)10-11(13)2-4-15(14)16(18)6-7-17(18)19/h3,5,10,14-17,19H,2,4,6-9H2,1H3,(H,20,21,22)/t14-,15+,16-,17?,18+/m1/s1. The van der Waals surface area contributed by atoms with Gasteiger partial charge in [-0.3, -0.25) is 4.55 Å². The first-order valence-corrected chi connectivity index (χ1v) is 10.1. The summed E-state index contributed by atoms with van der Waals surface area (Å²) in [5.74, 6) is 1.83. The van der Waals surface area contributed by atoms with Gasteiger partial charge >= 0.3 is 10.4 Å². The van der Waals surface area contributed by atoms with Gasteiger partial charge in [0.15, 0.2) is 0 Å². The fourth-order valence-electron chi connectivity index (χ4n) is 5.70. The van der Waals surface area contributed by atoms with Crippen molar-refractivity contribution in [3.63, 3.8) is 0 Å². The lowest BCUT2D eigenvalue weighted by Gasteiger charge is -2.50. The number of hydrogen-bond acceptors (Lipinski definition) is 4. The minimum atomic E-state index is -4.48. The van der Waals surface area contributed by atoms with Gasteiger partial charge in [0.25, 0.3) is 0 Å². The molecule has 0 aliphatic heterocycles. The molecule has 6 heteroatoms. The average Bonchev–Trinajstić information content (AvgIpc) is 2.81. The first kappa shape index (κ1) is 16.4. The highest BCUT2D eigenvalue weighted by Gasteiger charge is 2.54. The molecule has 2 N–H and O–H groups in total. The van der Waals surface area contributed by atoms with Gasteiger partial charge in [0.2, 0.25) is 0 Å². The van der Waals surface area contributed by atoms with Gasteiger partial charge < -0.3 is 9.29 Å². The van der Waals surface area contributed by atoms with Crippen molar-refractivity contribution in [2.24, 2.45) is 17.3 Å². The van der Waals surface area contributed by atoms with Crippen LogP contribution in [0.3, 0.4) is 0 Å². The van der Waals surface area contributed by atoms with E-state index in [0.717, 1.165) is 44.1 Å². The highest BCUT2D eigenvalue weighted by atomic mass is 32.3. The van der Waals surface area contributed by atoms with E-state index in [0.29, 0.717) is 17.8 Å². The lowest BCUT2D eigenvalue weighted by Crippen LogP contribution is -2.43. The summed E-state index contributed by atoms with van der Waals surface area (Å²) in [7, 11) is -4.48. The van der Waals surface area contributed by atoms with Gasteiger partial charge in [0, 0.05) is 0 Å². The molecule has 5 nitrogen and oxygen atoms in total. The average molecular weight is 352 g/mol. The summed E-state index contributed by atoms with van der Waals surface area (Å²) in [4.78, 5) is 0. The summed E-state index contributed by atoms with van der Waals surface area (Å²) < 4.78 is 35.2. The second-order valence-electron chi connectivity index (χ2n) is 7.92. The molecule has 1 unspecified atom stereocenters. The van der Waals surface area contributed by atoms with E-state index in [1.807, 2.05) is 6.07 Å². The zero-order valence-electron chi connectivity index (χ0n) is 13.8. The summed E-state index contributed by atoms with van der Waals surface area (Å²) in [6.07, 6.45) is 5.93. The molecule has 0 heterocycles. The quantitative estimate of drug-likeness (QED) is 0.799. The molecule has 1 aromatic rings. The van der Waals surface area contributed by atoms with Crippen LogP contribution in [-0.2, 0) is 16.8 Å². The van der Waals surface area contributed by atoms with E-state index in [2.05, 4.69) is 11.1 Å². The zero-order chi connectivity index (χ0) is 17.1. The number of aliphatic hydroxyl groups excluding tert-OH is 1. The molecular weight excluding hydrogens is 328 g/mol. The third-order valence-electron chi connectivity index (χ3n) is 6.85. The highest BCUT2D eigenvalue weighted by molar-refractivity contribution is 7.81. The predicted molar refractivity (Wildman–Crippen MR) is 89.2 cm³/mol. The Bertz CT molecular complexity index is 759. The second kappa shape index (κ2) is 5.44. The van der Waals surface area contributed by atoms with Crippen molar-refractivity contribution in [2.75, 3.05) is 0 Å². The van der Waals surface area contributed by atoms with Crippen molar-refractivity contribution in [2.45, 2.75) is 57.5 Å². The Morgan fingerprint density at radius 1 is 1.21 bits per heavy atom. The van der Waals surface area contributed by atoms with Crippen molar-refractivity contribution < 1.29 is 22.3 Å². The molecule has 0 aromatic heterocycles. The lowest BCUT2D eigenvalue weighted by molar-refractivity contribution is -0.0226. The van der Waals surface area contributed by atoms with Crippen molar-refractivity contribution in [1.82, 2.24) is 0 Å². The first-order chi connectivity index (χ1) is 11.3. The number of benzene rings is 1. The molecule has 0 amide bonds. The molecule has 24 heavy (non-hydrogen) atoms. The number of hydrogen-bond donors (Lipinski definition) is 2. The van der Waals surface area contributed by atoms with Gasteiger partial charge in [-0.25, -0.2) is 0 Å². The van der Waals surface area contributed by atoms with Gasteiger partial charge in [-0.15, -0.1) is 0 Å². The third kappa shape index (κ3) is 2.55. The smallest absolute Gasteiger partial charge is 0.393 e. The van der Waals surface area contributed by atoms with Gasteiger partial charge in [-0.05, 0) is 85.0 Å². The van der Waals surface area contributed by atoms with Crippen molar-refractivity contribution in [1.29, 1.82) is 0 Å². The van der Waals surface area contributed by atoms with Crippen LogP contribution in [-0.4, -0.2) is 24.2 Å². The largest absolute Gasteiger partial charge is 0.446 e. The van der Waals surface area contributed by atoms with Gasteiger partial charge in [-0.1, -0.05) is 13.0 Å². The Morgan fingerprint density at radius 2 is 2.00 bits per heavy atom. The Labute approximate surface area is 143 Å². The van der Waals surface area contributed by atoms with Crippen molar-refractivity contribution >= 4 is 10.4 Å². The monoisotopic (exact) mass is 352 g/mol. The molecule has 5 atom stereocenters. The van der Waals surface area contributed by atoms with Gasteiger partial charge in [0.1, 0.15) is 5.75 Å². The predicted octanol–water partition coefficient (Wildman–Crippen LogP) is 3.09. The van der Waals surface area contributed by atoms with Gasteiger partial charge in [-0.2, -0.15) is 8.42 Å². The number of fused-ring (bicyclic) bond motifs is 5. The molecular formula is C18H24O5S. The summed E-state index contributed by atoms with van der Waals surface area (Å²) in [5.41, 5.74) is 2.48. The van der Waals surface area contributed by atoms with Crippen LogP contribution in [0.4, 0.5) is 0 Å². The van der Waals surface area contributed by atoms with Crippen LogP contribution in [0.5, 0.6) is 5.75 Å². The van der Waals surface area contributed by atoms with E-state index in [4.69, 9.17) is 4.55 Å². The fourth-order valence-corrected chi connectivity index (χ4v) is 6.05. The Balaban J connectivity index is 1.63. The van der Waals surface area contributed by atoms with E-state index in [9.17, 15) is 13.5 Å². The van der Waals surface area contributed by atoms with E-state index in [-0.39, 0.29) is 17.3 Å². The van der Waals surface area contributed by atoms with E-state index < -0.39 is 10.4 Å². The molecule has 132 valence electrons. The number of rotatable bonds is 2. The molecule has 3 aliphatic carbocycles. The molecule has 0 radical (unpaired) electrons. The van der Waals surface area contributed by atoms with E-state index >= 15 is 0 Å². The van der Waals surface area contributed by atoms with Crippen LogP contribution in [0.15, 0.2) is 18.2 Å². The Morgan fingerprint density at radius 3 is 2.75 bits per heavy atom. The Hall–Kier alpha value is -1.11. The molecule has 0 saturated heterocycles. The van der Waals surface area contributed by atoms with E-state index in [1.165, 1.54) is 5.56 Å². The fraction of sp³-hybridized carbons (Fsp3) is 0.667. The maximum Gasteiger partial charge on any atom is 0.446 e. The van der Waals surface area contributed by atoms with Gasteiger partial charge in [0.05, 0.1) is 6.10 Å². The molecule has 0 bridgehead atoms. The molecule has 0 spiro atoms. The molecule has 3 aliphatic rings. The van der Waals surface area contributed by atoms with Crippen LogP contribution in [0, 0.1) is 17.3 Å². The van der Waals surface area contributed by atoms with Crippen LogP contribution in [0.25, 0.3) is 0 Å². The first-order valence-electron chi connectivity index (χ1n) is 8.76. The Kier molecular flexibility index (Phi) is 3.71. The molecule has 4 rings (SSSR count). The maximum absolute atomic E-state index is 10.9. The minimum absolute atomic E-state index is 0.0622. The third-order valence-corrected chi connectivity index (χ3v) is 7.25.